The Kier molecular flexibility index (Phi) is 5.84. The number of carbonyl (C=O) groups is 1. The molecule has 4 heteroatoms. The molecular weight excluding hydrogens is 312 g/mol. The lowest BCUT2D eigenvalue weighted by atomic mass is 9.88. The lowest BCUT2D eigenvalue weighted by molar-refractivity contribution is -0.132. The van der Waals surface area contributed by atoms with Gasteiger partial charge < -0.3 is 15.3 Å². The maximum Gasteiger partial charge on any atom is 0.237 e. The van der Waals surface area contributed by atoms with Gasteiger partial charge in [-0.2, -0.15) is 0 Å². The van der Waals surface area contributed by atoms with E-state index in [1.807, 2.05) is 36.1 Å². The number of rotatable bonds is 6. The number of nitrogens with one attached hydrogen (secondary N) is 1. The average Bonchev–Trinajstić information content (AvgIpc) is 2.68. The van der Waals surface area contributed by atoms with Gasteiger partial charge in [0.2, 0.25) is 5.91 Å². The van der Waals surface area contributed by atoms with E-state index in [-0.39, 0.29) is 31.1 Å². The topological polar surface area (TPSA) is 52.6 Å². The van der Waals surface area contributed by atoms with Gasteiger partial charge in [0, 0.05) is 12.6 Å². The molecule has 0 spiro atoms. The van der Waals surface area contributed by atoms with Gasteiger partial charge in [0.25, 0.3) is 0 Å². The molecule has 25 heavy (non-hydrogen) atoms. The molecule has 0 aliphatic carbocycles. The molecule has 4 nitrogen and oxygen atoms in total. The van der Waals surface area contributed by atoms with Gasteiger partial charge in [-0.15, -0.1) is 0 Å². The summed E-state index contributed by atoms with van der Waals surface area (Å²) in [5.74, 6) is 0.0789. The molecule has 1 heterocycles. The first-order valence-electron chi connectivity index (χ1n) is 9.01. The Morgan fingerprint density at radius 1 is 1.20 bits per heavy atom. The first-order chi connectivity index (χ1) is 12.2. The number of hydrogen-bond acceptors (Lipinski definition) is 3. The minimum Gasteiger partial charge on any atom is -0.395 e. The zero-order valence-corrected chi connectivity index (χ0v) is 14.7. The summed E-state index contributed by atoms with van der Waals surface area (Å²) in [6.45, 7) is 3.02. The van der Waals surface area contributed by atoms with Crippen molar-refractivity contribution in [2.75, 3.05) is 19.7 Å². The molecular formula is C21H26N2O2. The number of amides is 1. The predicted octanol–water partition coefficient (Wildman–Crippen LogP) is 2.52. The van der Waals surface area contributed by atoms with Crippen LogP contribution < -0.4 is 5.32 Å². The zero-order valence-electron chi connectivity index (χ0n) is 14.7. The van der Waals surface area contributed by atoms with Crippen LogP contribution in [0.15, 0.2) is 54.6 Å². The molecule has 0 aromatic heterocycles. The second-order valence-corrected chi connectivity index (χ2v) is 6.52. The normalized spacial score (nSPS) is 17.8. The predicted molar refractivity (Wildman–Crippen MR) is 99.3 cm³/mol. The van der Waals surface area contributed by atoms with Crippen molar-refractivity contribution in [2.24, 2.45) is 0 Å². The van der Waals surface area contributed by atoms with E-state index in [1.165, 1.54) is 11.1 Å². The second-order valence-electron chi connectivity index (χ2n) is 6.52. The van der Waals surface area contributed by atoms with Gasteiger partial charge in [-0.3, -0.25) is 4.79 Å². The fourth-order valence-electron chi connectivity index (χ4n) is 3.50. The Hall–Kier alpha value is -2.17. The Balaban J connectivity index is 1.86. The number of fused-ring (bicyclic) bond motifs is 1. The van der Waals surface area contributed by atoms with E-state index in [2.05, 4.69) is 35.6 Å². The standard InChI is InChI=1S/C21H26N2O2/c1-2-18(15-24)22-14-20(25)23-13-12-16-8-6-7-11-19(16)21(23)17-9-4-3-5-10-17/h3-11,18,21-22,24H,2,12-15H2,1H3/t18-,21+/m1/s1. The fourth-order valence-corrected chi connectivity index (χ4v) is 3.50. The summed E-state index contributed by atoms with van der Waals surface area (Å²) in [6, 6.07) is 18.5. The average molecular weight is 338 g/mol. The highest BCUT2D eigenvalue weighted by Gasteiger charge is 2.31. The maximum absolute atomic E-state index is 12.9. The Morgan fingerprint density at radius 3 is 2.64 bits per heavy atom. The molecule has 2 aromatic carbocycles. The van der Waals surface area contributed by atoms with Gasteiger partial charge in [-0.25, -0.2) is 0 Å². The van der Waals surface area contributed by atoms with Crippen LogP contribution in [0.2, 0.25) is 0 Å². The van der Waals surface area contributed by atoms with Crippen molar-refractivity contribution >= 4 is 5.91 Å². The van der Waals surface area contributed by atoms with Crippen LogP contribution in [0.4, 0.5) is 0 Å². The van der Waals surface area contributed by atoms with E-state index >= 15 is 0 Å². The number of aliphatic hydroxyl groups excluding tert-OH is 1. The van der Waals surface area contributed by atoms with Gasteiger partial charge >= 0.3 is 0 Å². The molecule has 0 saturated carbocycles. The van der Waals surface area contributed by atoms with E-state index in [4.69, 9.17) is 0 Å². The first-order valence-corrected chi connectivity index (χ1v) is 9.01. The Morgan fingerprint density at radius 2 is 1.92 bits per heavy atom. The number of benzene rings is 2. The van der Waals surface area contributed by atoms with Gasteiger partial charge in [-0.1, -0.05) is 61.5 Å². The van der Waals surface area contributed by atoms with Gasteiger partial charge in [0.15, 0.2) is 0 Å². The first kappa shape index (κ1) is 17.6. The maximum atomic E-state index is 12.9. The number of nitrogens with zero attached hydrogens (tertiary/aromatic N) is 1. The molecule has 1 aliphatic rings. The van der Waals surface area contributed by atoms with Gasteiger partial charge in [0.1, 0.15) is 0 Å². The van der Waals surface area contributed by atoms with E-state index in [1.54, 1.807) is 0 Å². The van der Waals surface area contributed by atoms with E-state index in [0.717, 1.165) is 18.4 Å². The molecule has 0 radical (unpaired) electrons. The van der Waals surface area contributed by atoms with Crippen molar-refractivity contribution in [3.63, 3.8) is 0 Å². The highest BCUT2D eigenvalue weighted by atomic mass is 16.3. The largest absolute Gasteiger partial charge is 0.395 e. The fraction of sp³-hybridized carbons (Fsp3) is 0.381. The van der Waals surface area contributed by atoms with Crippen molar-refractivity contribution in [3.05, 3.63) is 71.3 Å². The number of aliphatic hydroxyl groups is 1. The molecule has 0 saturated heterocycles. The SMILES string of the molecule is CC[C@H](CO)NCC(=O)N1CCc2ccccc2[C@@H]1c1ccccc1. The van der Waals surface area contributed by atoms with Crippen LogP contribution in [-0.4, -0.2) is 41.7 Å². The van der Waals surface area contributed by atoms with Crippen LogP contribution in [0.1, 0.15) is 36.1 Å². The third-order valence-corrected chi connectivity index (χ3v) is 4.97. The highest BCUT2D eigenvalue weighted by molar-refractivity contribution is 5.79. The quantitative estimate of drug-likeness (QED) is 0.851. The summed E-state index contributed by atoms with van der Waals surface area (Å²) in [7, 11) is 0. The third-order valence-electron chi connectivity index (χ3n) is 4.97. The monoisotopic (exact) mass is 338 g/mol. The van der Waals surface area contributed by atoms with Crippen LogP contribution in [-0.2, 0) is 11.2 Å². The summed E-state index contributed by atoms with van der Waals surface area (Å²) < 4.78 is 0. The second kappa shape index (κ2) is 8.28. The van der Waals surface area contributed by atoms with Crippen molar-refractivity contribution in [1.29, 1.82) is 0 Å². The lowest BCUT2D eigenvalue weighted by Crippen LogP contribution is -2.46. The van der Waals surface area contributed by atoms with Crippen LogP contribution in [0.3, 0.4) is 0 Å². The smallest absolute Gasteiger partial charge is 0.237 e. The molecule has 3 rings (SSSR count). The highest BCUT2D eigenvalue weighted by Crippen LogP contribution is 2.34. The lowest BCUT2D eigenvalue weighted by Gasteiger charge is -2.38. The number of carbonyl (C=O) groups excluding carboxylic acids is 1. The van der Waals surface area contributed by atoms with Gasteiger partial charge in [0.05, 0.1) is 19.2 Å². The zero-order chi connectivity index (χ0) is 17.6. The summed E-state index contributed by atoms with van der Waals surface area (Å²) in [6.07, 6.45) is 1.68. The summed E-state index contributed by atoms with van der Waals surface area (Å²) in [5.41, 5.74) is 3.66. The Labute approximate surface area is 149 Å². The Bertz CT molecular complexity index is 698. The van der Waals surface area contributed by atoms with Gasteiger partial charge in [-0.05, 0) is 29.5 Å². The third kappa shape index (κ3) is 3.91. The van der Waals surface area contributed by atoms with Crippen molar-refractivity contribution < 1.29 is 9.90 Å². The van der Waals surface area contributed by atoms with Crippen LogP contribution in [0, 0.1) is 0 Å². The van der Waals surface area contributed by atoms with Crippen molar-refractivity contribution in [2.45, 2.75) is 31.8 Å². The molecule has 1 aliphatic heterocycles. The summed E-state index contributed by atoms with van der Waals surface area (Å²) >= 11 is 0. The molecule has 132 valence electrons. The molecule has 0 fully saturated rings. The van der Waals surface area contributed by atoms with E-state index in [9.17, 15) is 9.90 Å². The minimum atomic E-state index is -0.0466. The van der Waals surface area contributed by atoms with Crippen molar-refractivity contribution in [1.82, 2.24) is 10.2 Å². The summed E-state index contributed by atoms with van der Waals surface area (Å²) in [4.78, 5) is 14.9. The van der Waals surface area contributed by atoms with Crippen LogP contribution in [0.25, 0.3) is 0 Å². The van der Waals surface area contributed by atoms with Crippen molar-refractivity contribution in [3.8, 4) is 0 Å². The molecule has 2 N–H and O–H groups in total. The molecule has 0 bridgehead atoms. The number of hydrogen-bond donors (Lipinski definition) is 2. The van der Waals surface area contributed by atoms with Crippen LogP contribution >= 0.6 is 0 Å². The molecule has 1 amide bonds. The van der Waals surface area contributed by atoms with Crippen LogP contribution in [0.5, 0.6) is 0 Å². The molecule has 2 atom stereocenters. The minimum absolute atomic E-state index is 0.0313. The van der Waals surface area contributed by atoms with E-state index in [0.29, 0.717) is 6.54 Å². The molecule has 2 aromatic rings. The van der Waals surface area contributed by atoms with E-state index < -0.39 is 0 Å². The summed E-state index contributed by atoms with van der Waals surface area (Å²) in [5, 5.41) is 12.5. The molecule has 0 unspecified atom stereocenters.